The van der Waals surface area contributed by atoms with Crippen LogP contribution in [0.15, 0.2) is 18.2 Å². The molecule has 0 atom stereocenters. The van der Waals surface area contributed by atoms with E-state index in [-0.39, 0.29) is 37.0 Å². The van der Waals surface area contributed by atoms with Gasteiger partial charge in [-0.25, -0.2) is 0 Å². The highest BCUT2D eigenvalue weighted by molar-refractivity contribution is 6.02. The van der Waals surface area contributed by atoms with E-state index in [0.29, 0.717) is 11.4 Å². The Labute approximate surface area is 131 Å². The lowest BCUT2D eigenvalue weighted by atomic mass is 10.1. The van der Waals surface area contributed by atoms with Gasteiger partial charge in [0, 0.05) is 12.1 Å². The fraction of sp³-hybridized carbons (Fsp3) is 0.529. The molecule has 1 aromatic carbocycles. The van der Waals surface area contributed by atoms with Gasteiger partial charge < -0.3 is 9.64 Å². The lowest BCUT2D eigenvalue weighted by molar-refractivity contribution is -0.135. The number of amides is 2. The highest BCUT2D eigenvalue weighted by Crippen LogP contribution is 2.32. The van der Waals surface area contributed by atoms with Gasteiger partial charge in [0.2, 0.25) is 5.91 Å². The molecule has 1 aromatic rings. The number of benzene rings is 1. The van der Waals surface area contributed by atoms with E-state index >= 15 is 0 Å². The molecule has 0 bridgehead atoms. The Morgan fingerprint density at radius 1 is 1.27 bits per heavy atom. The van der Waals surface area contributed by atoms with E-state index in [9.17, 15) is 9.59 Å². The molecule has 0 radical (unpaired) electrons. The van der Waals surface area contributed by atoms with Crippen LogP contribution in [0.3, 0.4) is 0 Å². The summed E-state index contributed by atoms with van der Waals surface area (Å²) in [7, 11) is 0. The van der Waals surface area contributed by atoms with E-state index in [1.54, 1.807) is 4.90 Å². The summed E-state index contributed by atoms with van der Waals surface area (Å²) in [6.45, 7) is 9.91. The third-order valence-corrected chi connectivity index (χ3v) is 3.75. The number of ether oxygens (including phenoxy) is 1. The summed E-state index contributed by atoms with van der Waals surface area (Å²) in [5.74, 6) is 0.422. The lowest BCUT2D eigenvalue weighted by Gasteiger charge is -2.35. The smallest absolute Gasteiger partial charge is 0.265 e. The quantitative estimate of drug-likeness (QED) is 0.858. The second-order valence-electron chi connectivity index (χ2n) is 6.23. The molecule has 1 aliphatic rings. The van der Waals surface area contributed by atoms with Crippen LogP contribution in [-0.2, 0) is 9.59 Å². The maximum absolute atomic E-state index is 12.6. The van der Waals surface area contributed by atoms with Gasteiger partial charge in [0.25, 0.3) is 5.91 Å². The SMILES string of the molecule is Cc1ccc2c(c1)N(CC(=O)N(C(C)C)C(C)C)C(=O)CO2. The minimum absolute atomic E-state index is 0.0211. The Balaban J connectivity index is 2.27. The predicted molar refractivity (Wildman–Crippen MR) is 86.1 cm³/mol. The Bertz CT molecular complexity index is 573. The third kappa shape index (κ3) is 3.24. The molecule has 120 valence electrons. The van der Waals surface area contributed by atoms with E-state index in [1.807, 2.05) is 52.8 Å². The van der Waals surface area contributed by atoms with Crippen molar-refractivity contribution in [2.45, 2.75) is 46.7 Å². The molecule has 0 spiro atoms. The number of hydrogen-bond donors (Lipinski definition) is 0. The summed E-state index contributed by atoms with van der Waals surface area (Å²) in [6, 6.07) is 5.86. The van der Waals surface area contributed by atoms with Crippen LogP contribution < -0.4 is 9.64 Å². The van der Waals surface area contributed by atoms with Crippen LogP contribution in [-0.4, -0.2) is 41.9 Å². The van der Waals surface area contributed by atoms with Gasteiger partial charge in [-0.15, -0.1) is 0 Å². The fourth-order valence-corrected chi connectivity index (χ4v) is 2.87. The zero-order valence-electron chi connectivity index (χ0n) is 13.9. The average Bonchev–Trinajstić information content (AvgIpc) is 2.41. The molecule has 0 aliphatic carbocycles. The van der Waals surface area contributed by atoms with Gasteiger partial charge in [-0.05, 0) is 52.3 Å². The van der Waals surface area contributed by atoms with Crippen molar-refractivity contribution in [3.63, 3.8) is 0 Å². The lowest BCUT2D eigenvalue weighted by Crippen LogP contribution is -2.50. The van der Waals surface area contributed by atoms with Crippen LogP contribution in [0.5, 0.6) is 5.75 Å². The van der Waals surface area contributed by atoms with Gasteiger partial charge in [-0.3, -0.25) is 14.5 Å². The summed E-state index contributed by atoms with van der Waals surface area (Å²) < 4.78 is 5.44. The average molecular weight is 304 g/mol. The van der Waals surface area contributed by atoms with E-state index in [0.717, 1.165) is 5.56 Å². The van der Waals surface area contributed by atoms with E-state index in [1.165, 1.54) is 4.90 Å². The number of hydrogen-bond acceptors (Lipinski definition) is 3. The highest BCUT2D eigenvalue weighted by atomic mass is 16.5. The molecule has 5 heteroatoms. The van der Waals surface area contributed by atoms with E-state index in [4.69, 9.17) is 4.74 Å². The maximum atomic E-state index is 12.6. The molecular formula is C17H24N2O3. The van der Waals surface area contributed by atoms with E-state index in [2.05, 4.69) is 0 Å². The standard InChI is InChI=1S/C17H24N2O3/c1-11(2)19(12(3)4)16(20)9-18-14-8-13(5)6-7-15(14)22-10-17(18)21/h6-8,11-12H,9-10H2,1-5H3. The fourth-order valence-electron chi connectivity index (χ4n) is 2.87. The number of rotatable bonds is 4. The molecule has 0 saturated carbocycles. The number of fused-ring (bicyclic) bond motifs is 1. The molecule has 0 N–H and O–H groups in total. The van der Waals surface area contributed by atoms with Gasteiger partial charge in [-0.2, -0.15) is 0 Å². The topological polar surface area (TPSA) is 49.9 Å². The Kier molecular flexibility index (Phi) is 4.74. The molecule has 0 aromatic heterocycles. The van der Waals surface area contributed by atoms with Gasteiger partial charge >= 0.3 is 0 Å². The normalized spacial score (nSPS) is 14.1. The molecule has 22 heavy (non-hydrogen) atoms. The van der Waals surface area contributed by atoms with Crippen LogP contribution in [0, 0.1) is 6.92 Å². The molecule has 1 heterocycles. The van der Waals surface area contributed by atoms with Crippen molar-refractivity contribution in [2.24, 2.45) is 0 Å². The second-order valence-corrected chi connectivity index (χ2v) is 6.23. The van der Waals surface area contributed by atoms with Crippen molar-refractivity contribution in [3.8, 4) is 5.75 Å². The van der Waals surface area contributed by atoms with Crippen molar-refractivity contribution in [1.29, 1.82) is 0 Å². The van der Waals surface area contributed by atoms with Crippen LogP contribution in [0.1, 0.15) is 33.3 Å². The first-order valence-corrected chi connectivity index (χ1v) is 7.66. The highest BCUT2D eigenvalue weighted by Gasteiger charge is 2.30. The molecule has 0 fully saturated rings. The van der Waals surface area contributed by atoms with Crippen LogP contribution in [0.2, 0.25) is 0 Å². The predicted octanol–water partition coefficient (Wildman–Crippen LogP) is 2.37. The van der Waals surface area contributed by atoms with Gasteiger partial charge in [0.15, 0.2) is 6.61 Å². The number of aryl methyl sites for hydroxylation is 1. The first kappa shape index (κ1) is 16.3. The molecule has 0 unspecified atom stereocenters. The van der Waals surface area contributed by atoms with Crippen LogP contribution in [0.25, 0.3) is 0 Å². The largest absolute Gasteiger partial charge is 0.482 e. The summed E-state index contributed by atoms with van der Waals surface area (Å²) in [5.41, 5.74) is 1.70. The summed E-state index contributed by atoms with van der Waals surface area (Å²) in [6.07, 6.45) is 0. The zero-order chi connectivity index (χ0) is 16.4. The first-order valence-electron chi connectivity index (χ1n) is 7.66. The Morgan fingerprint density at radius 2 is 1.91 bits per heavy atom. The summed E-state index contributed by atoms with van der Waals surface area (Å²) in [4.78, 5) is 28.2. The Hall–Kier alpha value is -2.04. The zero-order valence-corrected chi connectivity index (χ0v) is 13.9. The van der Waals surface area contributed by atoms with Gasteiger partial charge in [0.05, 0.1) is 5.69 Å². The monoisotopic (exact) mass is 304 g/mol. The number of nitrogens with zero attached hydrogens (tertiary/aromatic N) is 2. The van der Waals surface area contributed by atoms with Crippen molar-refractivity contribution < 1.29 is 14.3 Å². The van der Waals surface area contributed by atoms with Crippen molar-refractivity contribution in [2.75, 3.05) is 18.1 Å². The first-order chi connectivity index (χ1) is 10.3. The number of anilines is 1. The molecule has 1 aliphatic heterocycles. The summed E-state index contributed by atoms with van der Waals surface area (Å²) in [5, 5.41) is 0. The maximum Gasteiger partial charge on any atom is 0.265 e. The van der Waals surface area contributed by atoms with Crippen molar-refractivity contribution in [3.05, 3.63) is 23.8 Å². The minimum atomic E-state index is -0.182. The molecular weight excluding hydrogens is 280 g/mol. The van der Waals surface area contributed by atoms with E-state index < -0.39 is 0 Å². The second kappa shape index (κ2) is 6.38. The molecule has 2 rings (SSSR count). The summed E-state index contributed by atoms with van der Waals surface area (Å²) >= 11 is 0. The number of carbonyl (C=O) groups is 2. The Morgan fingerprint density at radius 3 is 2.50 bits per heavy atom. The number of carbonyl (C=O) groups excluding carboxylic acids is 2. The molecule has 2 amide bonds. The van der Waals surface area contributed by atoms with Crippen LogP contribution in [0.4, 0.5) is 5.69 Å². The molecule has 5 nitrogen and oxygen atoms in total. The minimum Gasteiger partial charge on any atom is -0.482 e. The third-order valence-electron chi connectivity index (χ3n) is 3.75. The van der Waals surface area contributed by atoms with Crippen LogP contribution >= 0.6 is 0 Å². The van der Waals surface area contributed by atoms with Gasteiger partial charge in [-0.1, -0.05) is 6.07 Å². The molecule has 0 saturated heterocycles. The van der Waals surface area contributed by atoms with Crippen molar-refractivity contribution >= 4 is 17.5 Å². The van der Waals surface area contributed by atoms with Crippen molar-refractivity contribution in [1.82, 2.24) is 4.90 Å². The van der Waals surface area contributed by atoms with Gasteiger partial charge in [0.1, 0.15) is 12.3 Å².